The van der Waals surface area contributed by atoms with Gasteiger partial charge in [-0.15, -0.1) is 0 Å². The number of hydrogen-bond acceptors (Lipinski definition) is 5. The minimum absolute atomic E-state index is 0.163. The van der Waals surface area contributed by atoms with E-state index >= 15 is 0 Å². The number of hydrogen-bond donors (Lipinski definition) is 1. The van der Waals surface area contributed by atoms with Crippen LogP contribution in [0.25, 0.3) is 0 Å². The molecule has 1 heterocycles. The molecular weight excluding hydrogens is 336 g/mol. The summed E-state index contributed by atoms with van der Waals surface area (Å²) in [6.45, 7) is -0.452. The monoisotopic (exact) mass is 354 g/mol. The maximum Gasteiger partial charge on any atom is 0.326 e. The second kappa shape index (κ2) is 8.15. The lowest BCUT2D eigenvalue weighted by molar-refractivity contribution is -0.146. The summed E-state index contributed by atoms with van der Waals surface area (Å²) in [4.78, 5) is 37.5. The molecule has 7 nitrogen and oxygen atoms in total. The van der Waals surface area contributed by atoms with E-state index in [0.717, 1.165) is 0 Å². The summed E-state index contributed by atoms with van der Waals surface area (Å²) in [5.74, 6) is -0.817. The van der Waals surface area contributed by atoms with Crippen LogP contribution in [0, 0.1) is 0 Å². The van der Waals surface area contributed by atoms with Gasteiger partial charge in [-0.05, 0) is 24.3 Å². The van der Waals surface area contributed by atoms with Crippen LogP contribution in [-0.4, -0.2) is 37.5 Å². The van der Waals surface area contributed by atoms with Crippen molar-refractivity contribution in [3.05, 3.63) is 54.6 Å². The van der Waals surface area contributed by atoms with E-state index in [1.54, 1.807) is 48.5 Å². The fourth-order valence-corrected chi connectivity index (χ4v) is 2.53. The summed E-state index contributed by atoms with van der Waals surface area (Å²) < 4.78 is 10.5. The van der Waals surface area contributed by atoms with E-state index in [1.807, 2.05) is 6.07 Å². The number of ether oxygens (including phenoxy) is 2. The number of amides is 2. The third kappa shape index (κ3) is 4.38. The Hall–Kier alpha value is -3.35. The molecule has 0 aromatic heterocycles. The number of para-hydroxylation sites is 3. The molecule has 7 heteroatoms. The van der Waals surface area contributed by atoms with E-state index in [9.17, 15) is 14.4 Å². The van der Waals surface area contributed by atoms with Crippen molar-refractivity contribution >= 4 is 29.2 Å². The predicted molar refractivity (Wildman–Crippen MR) is 94.9 cm³/mol. The van der Waals surface area contributed by atoms with Crippen LogP contribution in [0.3, 0.4) is 0 Å². The van der Waals surface area contributed by atoms with Crippen LogP contribution in [0.5, 0.6) is 5.75 Å². The number of carbonyl (C=O) groups excluding carboxylic acids is 3. The molecule has 26 heavy (non-hydrogen) atoms. The third-order valence-corrected chi connectivity index (χ3v) is 3.74. The minimum atomic E-state index is -0.668. The van der Waals surface area contributed by atoms with E-state index < -0.39 is 18.5 Å². The number of nitrogens with one attached hydrogen (secondary N) is 1. The Bertz CT molecular complexity index is 807. The zero-order valence-corrected chi connectivity index (χ0v) is 14.0. The highest BCUT2D eigenvalue weighted by Gasteiger charge is 2.25. The zero-order chi connectivity index (χ0) is 18.4. The molecule has 0 bridgehead atoms. The molecule has 1 aliphatic rings. The molecule has 0 atom stereocenters. The molecule has 0 fully saturated rings. The molecule has 0 spiro atoms. The molecule has 2 aromatic rings. The maximum atomic E-state index is 12.3. The van der Waals surface area contributed by atoms with Gasteiger partial charge in [0.25, 0.3) is 5.91 Å². The summed E-state index contributed by atoms with van der Waals surface area (Å²) in [6, 6.07) is 15.8. The van der Waals surface area contributed by atoms with Gasteiger partial charge < -0.3 is 14.8 Å². The summed E-state index contributed by atoms with van der Waals surface area (Å²) in [5.41, 5.74) is 1.13. The molecular formula is C19H18N2O5. The Labute approximate surface area is 150 Å². The standard InChI is InChI=1S/C19H18N2O5/c22-17(20-14-6-2-1-3-7-14)13-26-19(24)12-21-15-8-4-5-9-16(15)25-11-10-18(21)23/h1-9H,10-13H2,(H,20,22). The van der Waals surface area contributed by atoms with E-state index in [0.29, 0.717) is 17.1 Å². The fraction of sp³-hybridized carbons (Fsp3) is 0.211. The van der Waals surface area contributed by atoms with Crippen molar-refractivity contribution in [3.63, 3.8) is 0 Å². The molecule has 0 saturated heterocycles. The van der Waals surface area contributed by atoms with Crippen molar-refractivity contribution in [3.8, 4) is 5.75 Å². The highest BCUT2D eigenvalue weighted by atomic mass is 16.5. The average molecular weight is 354 g/mol. The summed E-state index contributed by atoms with van der Waals surface area (Å²) in [5, 5.41) is 2.62. The molecule has 1 aliphatic heterocycles. The number of benzene rings is 2. The highest BCUT2D eigenvalue weighted by molar-refractivity contribution is 6.00. The molecule has 1 N–H and O–H groups in total. The van der Waals surface area contributed by atoms with Gasteiger partial charge in [0.15, 0.2) is 6.61 Å². The first kappa shape index (κ1) is 17.5. The van der Waals surface area contributed by atoms with Crippen LogP contribution in [0.2, 0.25) is 0 Å². The largest absolute Gasteiger partial charge is 0.491 e. The second-order valence-corrected chi connectivity index (χ2v) is 5.62. The first-order valence-electron chi connectivity index (χ1n) is 8.16. The molecule has 0 unspecified atom stereocenters. The quantitative estimate of drug-likeness (QED) is 0.830. The van der Waals surface area contributed by atoms with Crippen molar-refractivity contribution in [1.29, 1.82) is 0 Å². The number of rotatable bonds is 5. The van der Waals surface area contributed by atoms with Crippen LogP contribution >= 0.6 is 0 Å². The number of anilines is 2. The molecule has 0 radical (unpaired) electrons. The van der Waals surface area contributed by atoms with Crippen molar-refractivity contribution in [2.45, 2.75) is 6.42 Å². The molecule has 0 aliphatic carbocycles. The molecule has 3 rings (SSSR count). The smallest absolute Gasteiger partial charge is 0.326 e. The van der Waals surface area contributed by atoms with E-state index in [1.165, 1.54) is 4.90 Å². The van der Waals surface area contributed by atoms with Gasteiger partial charge in [0.2, 0.25) is 5.91 Å². The summed E-state index contributed by atoms with van der Waals surface area (Å²) in [6.07, 6.45) is 0.163. The molecule has 0 saturated carbocycles. The van der Waals surface area contributed by atoms with Crippen LogP contribution in [0.4, 0.5) is 11.4 Å². The van der Waals surface area contributed by atoms with Gasteiger partial charge in [0.1, 0.15) is 12.3 Å². The zero-order valence-electron chi connectivity index (χ0n) is 14.0. The van der Waals surface area contributed by atoms with Crippen LogP contribution < -0.4 is 15.0 Å². The van der Waals surface area contributed by atoms with Gasteiger partial charge in [0, 0.05) is 5.69 Å². The Morgan fingerprint density at radius 1 is 1.08 bits per heavy atom. The van der Waals surface area contributed by atoms with Gasteiger partial charge >= 0.3 is 5.97 Å². The van der Waals surface area contributed by atoms with Crippen molar-refractivity contribution in [2.75, 3.05) is 30.0 Å². The number of fused-ring (bicyclic) bond motifs is 1. The summed E-state index contributed by atoms with van der Waals surface area (Å²) in [7, 11) is 0. The van der Waals surface area contributed by atoms with Crippen molar-refractivity contribution < 1.29 is 23.9 Å². The topological polar surface area (TPSA) is 84.9 Å². The lowest BCUT2D eigenvalue weighted by Crippen LogP contribution is -2.36. The van der Waals surface area contributed by atoms with Gasteiger partial charge in [-0.1, -0.05) is 30.3 Å². The number of esters is 1. The Morgan fingerprint density at radius 3 is 2.62 bits per heavy atom. The van der Waals surface area contributed by atoms with E-state index in [-0.39, 0.29) is 25.5 Å². The lowest BCUT2D eigenvalue weighted by atomic mass is 10.2. The Balaban J connectivity index is 1.57. The Morgan fingerprint density at radius 2 is 1.81 bits per heavy atom. The lowest BCUT2D eigenvalue weighted by Gasteiger charge is -2.20. The van der Waals surface area contributed by atoms with Crippen molar-refractivity contribution in [1.82, 2.24) is 0 Å². The number of carbonyl (C=O) groups is 3. The normalized spacial score (nSPS) is 13.2. The van der Waals surface area contributed by atoms with Gasteiger partial charge in [0.05, 0.1) is 18.7 Å². The summed E-state index contributed by atoms with van der Waals surface area (Å²) >= 11 is 0. The van der Waals surface area contributed by atoms with Gasteiger partial charge in [-0.3, -0.25) is 19.3 Å². The minimum Gasteiger partial charge on any atom is -0.491 e. The third-order valence-electron chi connectivity index (χ3n) is 3.74. The van der Waals surface area contributed by atoms with Gasteiger partial charge in [-0.25, -0.2) is 0 Å². The van der Waals surface area contributed by atoms with E-state index in [4.69, 9.17) is 9.47 Å². The molecule has 2 amide bonds. The van der Waals surface area contributed by atoms with Gasteiger partial charge in [-0.2, -0.15) is 0 Å². The van der Waals surface area contributed by atoms with Crippen LogP contribution in [0.15, 0.2) is 54.6 Å². The average Bonchev–Trinajstić information content (AvgIpc) is 2.80. The van der Waals surface area contributed by atoms with Crippen molar-refractivity contribution in [2.24, 2.45) is 0 Å². The first-order chi connectivity index (χ1) is 12.6. The fourth-order valence-electron chi connectivity index (χ4n) is 2.53. The second-order valence-electron chi connectivity index (χ2n) is 5.62. The highest BCUT2D eigenvalue weighted by Crippen LogP contribution is 2.30. The first-order valence-corrected chi connectivity index (χ1v) is 8.16. The molecule has 2 aromatic carbocycles. The van der Waals surface area contributed by atoms with Crippen LogP contribution in [0.1, 0.15) is 6.42 Å². The SMILES string of the molecule is O=C(COC(=O)CN1C(=O)CCOc2ccccc21)Nc1ccccc1. The van der Waals surface area contributed by atoms with Crippen LogP contribution in [-0.2, 0) is 19.1 Å². The molecule has 134 valence electrons. The predicted octanol–water partition coefficient (Wildman–Crippen LogP) is 1.98. The van der Waals surface area contributed by atoms with E-state index in [2.05, 4.69) is 5.32 Å². The number of nitrogens with zero attached hydrogens (tertiary/aromatic N) is 1. The maximum absolute atomic E-state index is 12.3. The Kier molecular flexibility index (Phi) is 5.48.